The van der Waals surface area contributed by atoms with Gasteiger partial charge < -0.3 is 19.4 Å². The number of rotatable bonds is 3. The Balaban J connectivity index is 1.65. The molecule has 2 heterocycles. The summed E-state index contributed by atoms with van der Waals surface area (Å²) in [5.74, 6) is 0.960. The number of aryl methyl sites for hydroxylation is 1. The fourth-order valence-corrected chi connectivity index (χ4v) is 5.99. The molecular weight excluding hydrogens is 304 g/mol. The van der Waals surface area contributed by atoms with Crippen LogP contribution in [-0.2, 0) is 11.2 Å². The average Bonchev–Trinajstić information content (AvgIpc) is 3.21. The van der Waals surface area contributed by atoms with Gasteiger partial charge in [0.25, 0.3) is 0 Å². The van der Waals surface area contributed by atoms with Gasteiger partial charge in [-0.3, -0.25) is 0 Å². The van der Waals surface area contributed by atoms with Crippen LogP contribution in [0.4, 0.5) is 0 Å². The summed E-state index contributed by atoms with van der Waals surface area (Å²) in [6, 6.07) is 2.04. The monoisotopic (exact) mass is 334 g/mol. The molecule has 3 aliphatic rings. The van der Waals surface area contributed by atoms with Crippen LogP contribution in [-0.4, -0.2) is 34.6 Å². The lowest BCUT2D eigenvalue weighted by molar-refractivity contribution is -0.197. The Labute approximate surface area is 144 Å². The van der Waals surface area contributed by atoms with E-state index in [4.69, 9.17) is 9.15 Å². The van der Waals surface area contributed by atoms with Gasteiger partial charge in [0.15, 0.2) is 0 Å². The van der Waals surface area contributed by atoms with E-state index >= 15 is 0 Å². The zero-order valence-electron chi connectivity index (χ0n) is 15.0. The second-order valence-electron chi connectivity index (χ2n) is 8.97. The Morgan fingerprint density at radius 3 is 2.67 bits per heavy atom. The molecule has 1 saturated heterocycles. The number of fused-ring (bicyclic) bond motifs is 2. The van der Waals surface area contributed by atoms with E-state index in [-0.39, 0.29) is 10.8 Å². The van der Waals surface area contributed by atoms with E-state index in [0.717, 1.165) is 25.7 Å². The highest BCUT2D eigenvalue weighted by molar-refractivity contribution is 5.21. The molecular formula is C20H30O4. The molecule has 2 saturated carbocycles. The fourth-order valence-electron chi connectivity index (χ4n) is 5.99. The molecule has 0 aromatic carbocycles. The molecule has 4 nitrogen and oxygen atoms in total. The Kier molecular flexibility index (Phi) is 3.69. The zero-order chi connectivity index (χ0) is 17.2. The van der Waals surface area contributed by atoms with Crippen molar-refractivity contribution < 1.29 is 19.4 Å². The minimum Gasteiger partial charge on any atom is -0.472 e. The highest BCUT2D eigenvalue weighted by Gasteiger charge is 2.73. The molecule has 1 aromatic heterocycles. The van der Waals surface area contributed by atoms with Crippen molar-refractivity contribution in [1.82, 2.24) is 0 Å². The maximum Gasteiger partial charge on any atom is 0.125 e. The molecule has 24 heavy (non-hydrogen) atoms. The molecule has 0 bridgehead atoms. The molecule has 7 unspecified atom stereocenters. The molecule has 1 aliphatic heterocycles. The van der Waals surface area contributed by atoms with Crippen LogP contribution in [0.3, 0.4) is 0 Å². The molecule has 134 valence electrons. The van der Waals surface area contributed by atoms with Crippen molar-refractivity contribution in [1.29, 1.82) is 0 Å². The third kappa shape index (κ3) is 2.09. The number of aliphatic hydroxyl groups excluding tert-OH is 2. The standard InChI is InChI=1S/C20H30O4/c1-13-4-8-19(3)16(10-15(21)17(22)20(19)12-24-20)18(13,2)7-5-14-6-9-23-11-14/h6,9,11,13,15-17,21-22H,4-5,7-8,10,12H2,1-3H3. The van der Waals surface area contributed by atoms with Crippen LogP contribution in [0, 0.1) is 22.7 Å². The van der Waals surface area contributed by atoms with Crippen molar-refractivity contribution in [3.05, 3.63) is 24.2 Å². The Morgan fingerprint density at radius 1 is 1.29 bits per heavy atom. The second-order valence-corrected chi connectivity index (χ2v) is 8.97. The number of hydrogen-bond donors (Lipinski definition) is 2. The van der Waals surface area contributed by atoms with E-state index in [0.29, 0.717) is 24.9 Å². The number of aliphatic hydroxyl groups is 2. The lowest BCUT2D eigenvalue weighted by atomic mass is 9.43. The molecule has 3 fully saturated rings. The molecule has 4 heteroatoms. The van der Waals surface area contributed by atoms with Crippen molar-refractivity contribution in [3.63, 3.8) is 0 Å². The number of ether oxygens (including phenoxy) is 1. The van der Waals surface area contributed by atoms with Crippen molar-refractivity contribution in [2.24, 2.45) is 22.7 Å². The maximum atomic E-state index is 10.6. The van der Waals surface area contributed by atoms with E-state index in [1.807, 2.05) is 12.3 Å². The summed E-state index contributed by atoms with van der Waals surface area (Å²) in [5.41, 5.74) is 0.796. The molecule has 1 aromatic rings. The molecule has 1 spiro atoms. The van der Waals surface area contributed by atoms with Gasteiger partial charge in [0.05, 0.1) is 25.2 Å². The summed E-state index contributed by atoms with van der Waals surface area (Å²) in [6.07, 6.45) is 7.13. The van der Waals surface area contributed by atoms with Crippen LogP contribution in [0.2, 0.25) is 0 Å². The highest BCUT2D eigenvalue weighted by Crippen LogP contribution is 2.68. The van der Waals surface area contributed by atoms with E-state index in [1.165, 1.54) is 5.56 Å². The third-order valence-corrected chi connectivity index (χ3v) is 8.06. The Hall–Kier alpha value is -0.840. The zero-order valence-corrected chi connectivity index (χ0v) is 15.0. The lowest BCUT2D eigenvalue weighted by Crippen LogP contribution is -2.65. The van der Waals surface area contributed by atoms with Gasteiger partial charge in [0.2, 0.25) is 0 Å². The first-order valence-electron chi connectivity index (χ1n) is 9.35. The first-order valence-corrected chi connectivity index (χ1v) is 9.35. The van der Waals surface area contributed by atoms with Crippen LogP contribution >= 0.6 is 0 Å². The van der Waals surface area contributed by atoms with E-state index in [2.05, 4.69) is 20.8 Å². The van der Waals surface area contributed by atoms with Gasteiger partial charge in [0, 0.05) is 5.41 Å². The van der Waals surface area contributed by atoms with Crippen LogP contribution < -0.4 is 0 Å². The minimum absolute atomic E-state index is 0.0523. The van der Waals surface area contributed by atoms with Crippen molar-refractivity contribution in [2.45, 2.75) is 70.7 Å². The minimum atomic E-state index is -0.745. The predicted octanol–water partition coefficient (Wildman–Crippen LogP) is 3.17. The molecule has 0 amide bonds. The van der Waals surface area contributed by atoms with Crippen LogP contribution in [0.25, 0.3) is 0 Å². The molecule has 2 aliphatic carbocycles. The quantitative estimate of drug-likeness (QED) is 0.833. The Morgan fingerprint density at radius 2 is 2.04 bits per heavy atom. The largest absolute Gasteiger partial charge is 0.472 e. The lowest BCUT2D eigenvalue weighted by Gasteiger charge is -2.61. The maximum absolute atomic E-state index is 10.6. The van der Waals surface area contributed by atoms with Gasteiger partial charge in [-0.2, -0.15) is 0 Å². The van der Waals surface area contributed by atoms with E-state index in [1.54, 1.807) is 6.26 Å². The molecule has 7 atom stereocenters. The summed E-state index contributed by atoms with van der Waals surface area (Å²) < 4.78 is 11.1. The van der Waals surface area contributed by atoms with Crippen LogP contribution in [0.1, 0.15) is 52.0 Å². The van der Waals surface area contributed by atoms with Gasteiger partial charge in [-0.1, -0.05) is 20.8 Å². The Bertz CT molecular complexity index is 593. The SMILES string of the molecule is CC1CCC2(C)C(CC(O)C(O)C23CO3)C1(C)CCc1ccoc1. The third-order valence-electron chi connectivity index (χ3n) is 8.06. The van der Waals surface area contributed by atoms with E-state index in [9.17, 15) is 10.2 Å². The van der Waals surface area contributed by atoms with Crippen molar-refractivity contribution in [3.8, 4) is 0 Å². The number of hydrogen-bond acceptors (Lipinski definition) is 4. The summed E-state index contributed by atoms with van der Waals surface area (Å²) >= 11 is 0. The first-order chi connectivity index (χ1) is 11.3. The molecule has 2 N–H and O–H groups in total. The van der Waals surface area contributed by atoms with Gasteiger partial charge in [0.1, 0.15) is 11.7 Å². The summed E-state index contributed by atoms with van der Waals surface area (Å²) in [7, 11) is 0. The number of furan rings is 1. The number of epoxide rings is 1. The summed E-state index contributed by atoms with van der Waals surface area (Å²) in [4.78, 5) is 0. The summed E-state index contributed by atoms with van der Waals surface area (Å²) in [6.45, 7) is 7.62. The summed E-state index contributed by atoms with van der Waals surface area (Å²) in [5, 5.41) is 21.1. The van der Waals surface area contributed by atoms with E-state index < -0.39 is 17.8 Å². The van der Waals surface area contributed by atoms with Gasteiger partial charge in [-0.25, -0.2) is 0 Å². The molecule has 0 radical (unpaired) electrons. The van der Waals surface area contributed by atoms with Gasteiger partial charge >= 0.3 is 0 Å². The fraction of sp³-hybridized carbons (Fsp3) is 0.800. The normalized spacial score (nSPS) is 50.7. The van der Waals surface area contributed by atoms with Gasteiger partial charge in [-0.05, 0) is 61.0 Å². The molecule has 4 rings (SSSR count). The van der Waals surface area contributed by atoms with Crippen molar-refractivity contribution >= 4 is 0 Å². The van der Waals surface area contributed by atoms with Crippen molar-refractivity contribution in [2.75, 3.05) is 6.61 Å². The predicted molar refractivity (Wildman–Crippen MR) is 90.4 cm³/mol. The smallest absolute Gasteiger partial charge is 0.125 e. The highest BCUT2D eigenvalue weighted by atomic mass is 16.6. The van der Waals surface area contributed by atoms with Gasteiger partial charge in [-0.15, -0.1) is 0 Å². The average molecular weight is 334 g/mol. The first kappa shape index (κ1) is 16.6. The second kappa shape index (κ2) is 5.33. The topological polar surface area (TPSA) is 66.1 Å². The van der Waals surface area contributed by atoms with Crippen LogP contribution in [0.5, 0.6) is 0 Å². The van der Waals surface area contributed by atoms with Crippen LogP contribution in [0.15, 0.2) is 23.0 Å².